The van der Waals surface area contributed by atoms with Crippen molar-refractivity contribution in [2.45, 2.75) is 57.2 Å². The van der Waals surface area contributed by atoms with Crippen molar-refractivity contribution in [2.75, 3.05) is 13.2 Å². The first-order valence-electron chi connectivity index (χ1n) is 7.74. The van der Waals surface area contributed by atoms with Crippen LogP contribution in [-0.2, 0) is 14.3 Å². The van der Waals surface area contributed by atoms with Crippen LogP contribution >= 0.6 is 0 Å². The molecule has 3 heteroatoms. The standard InChI is InChI=1S/C17H26O3/c1-3-5-9-15(18)16(10-4-2)11-7-6-8-12-17(16)19-13-14-20-17/h3-4H,1-2,5-14H2. The number of ketones is 1. The van der Waals surface area contributed by atoms with Crippen molar-refractivity contribution in [3.63, 3.8) is 0 Å². The molecule has 1 atom stereocenters. The summed E-state index contributed by atoms with van der Waals surface area (Å²) in [5.74, 6) is -0.461. The SMILES string of the molecule is C=CCCC(=O)C1(CC=C)CCCCCC12OCCO2. The molecule has 1 spiro atoms. The van der Waals surface area contributed by atoms with Crippen molar-refractivity contribution >= 4 is 5.78 Å². The first-order valence-corrected chi connectivity index (χ1v) is 7.74. The van der Waals surface area contributed by atoms with Gasteiger partial charge in [-0.25, -0.2) is 0 Å². The molecule has 2 fully saturated rings. The molecule has 1 saturated heterocycles. The van der Waals surface area contributed by atoms with E-state index < -0.39 is 11.2 Å². The normalized spacial score (nSPS) is 29.0. The summed E-state index contributed by atoms with van der Waals surface area (Å²) < 4.78 is 12.0. The Morgan fingerprint density at radius 1 is 1.05 bits per heavy atom. The topological polar surface area (TPSA) is 35.5 Å². The molecule has 112 valence electrons. The van der Waals surface area contributed by atoms with Crippen molar-refractivity contribution in [2.24, 2.45) is 5.41 Å². The number of Topliss-reactive ketones (excluding diaryl/α,β-unsaturated/α-hetero) is 1. The van der Waals surface area contributed by atoms with Gasteiger partial charge in [-0.2, -0.15) is 0 Å². The number of ether oxygens (including phenoxy) is 2. The molecule has 0 aromatic heterocycles. The van der Waals surface area contributed by atoms with Gasteiger partial charge in [-0.3, -0.25) is 4.79 Å². The fourth-order valence-electron chi connectivity index (χ4n) is 3.71. The minimum Gasteiger partial charge on any atom is -0.346 e. The highest BCUT2D eigenvalue weighted by Crippen LogP contribution is 2.51. The van der Waals surface area contributed by atoms with Gasteiger partial charge in [0.25, 0.3) is 0 Å². The molecule has 0 N–H and O–H groups in total. The number of rotatable bonds is 6. The molecular formula is C17H26O3. The summed E-state index contributed by atoms with van der Waals surface area (Å²) in [6.07, 6.45) is 10.5. The van der Waals surface area contributed by atoms with Crippen LogP contribution in [0.4, 0.5) is 0 Å². The van der Waals surface area contributed by atoms with Crippen LogP contribution in [0.1, 0.15) is 51.4 Å². The van der Waals surface area contributed by atoms with E-state index in [1.54, 1.807) is 6.08 Å². The maximum atomic E-state index is 12.9. The van der Waals surface area contributed by atoms with Crippen LogP contribution < -0.4 is 0 Å². The second-order valence-corrected chi connectivity index (χ2v) is 5.84. The third-order valence-electron chi connectivity index (χ3n) is 4.69. The molecule has 1 aliphatic carbocycles. The first kappa shape index (κ1) is 15.5. The lowest BCUT2D eigenvalue weighted by molar-refractivity contribution is -0.235. The number of hydrogen-bond donors (Lipinski definition) is 0. The zero-order valence-corrected chi connectivity index (χ0v) is 12.4. The second kappa shape index (κ2) is 6.68. The van der Waals surface area contributed by atoms with Crippen molar-refractivity contribution in [1.29, 1.82) is 0 Å². The van der Waals surface area contributed by atoms with E-state index in [-0.39, 0.29) is 5.78 Å². The summed E-state index contributed by atoms with van der Waals surface area (Å²) in [7, 11) is 0. The molecule has 2 rings (SSSR count). The molecule has 3 nitrogen and oxygen atoms in total. The quantitative estimate of drug-likeness (QED) is 0.693. The van der Waals surface area contributed by atoms with E-state index in [4.69, 9.17) is 9.47 Å². The van der Waals surface area contributed by atoms with Crippen molar-refractivity contribution in [1.82, 2.24) is 0 Å². The molecule has 20 heavy (non-hydrogen) atoms. The Morgan fingerprint density at radius 2 is 1.75 bits per heavy atom. The zero-order chi connectivity index (χ0) is 14.5. The van der Waals surface area contributed by atoms with E-state index in [9.17, 15) is 4.79 Å². The summed E-state index contributed by atoms with van der Waals surface area (Å²) in [6, 6.07) is 0. The smallest absolute Gasteiger partial charge is 0.181 e. The fourth-order valence-corrected chi connectivity index (χ4v) is 3.71. The molecule has 1 saturated carbocycles. The average Bonchev–Trinajstić information content (AvgIpc) is 2.85. The molecule has 1 unspecified atom stereocenters. The van der Waals surface area contributed by atoms with Crippen LogP contribution in [0.5, 0.6) is 0 Å². The fraction of sp³-hybridized carbons (Fsp3) is 0.706. The lowest BCUT2D eigenvalue weighted by atomic mass is 9.68. The monoisotopic (exact) mass is 278 g/mol. The Bertz CT molecular complexity index is 368. The Morgan fingerprint density at radius 3 is 2.40 bits per heavy atom. The van der Waals surface area contributed by atoms with Gasteiger partial charge in [0.1, 0.15) is 5.78 Å². The van der Waals surface area contributed by atoms with Crippen LogP contribution in [0.25, 0.3) is 0 Å². The molecule has 0 bridgehead atoms. The van der Waals surface area contributed by atoms with Crippen LogP contribution in [-0.4, -0.2) is 24.8 Å². The molecule has 0 radical (unpaired) electrons. The van der Waals surface area contributed by atoms with Gasteiger partial charge < -0.3 is 9.47 Å². The minimum atomic E-state index is -0.712. The Balaban J connectivity index is 2.35. The van der Waals surface area contributed by atoms with Gasteiger partial charge in [0.2, 0.25) is 0 Å². The minimum absolute atomic E-state index is 0.251. The number of hydrogen-bond acceptors (Lipinski definition) is 3. The Hall–Kier alpha value is -0.930. The summed E-state index contributed by atoms with van der Waals surface area (Å²) >= 11 is 0. The second-order valence-electron chi connectivity index (χ2n) is 5.84. The predicted molar refractivity (Wildman–Crippen MR) is 79.4 cm³/mol. The summed E-state index contributed by atoms with van der Waals surface area (Å²) in [5.41, 5.74) is -0.551. The molecule has 0 aromatic rings. The number of carbonyl (C=O) groups excluding carboxylic acids is 1. The highest BCUT2D eigenvalue weighted by Gasteiger charge is 2.58. The van der Waals surface area contributed by atoms with Gasteiger partial charge in [-0.15, -0.1) is 13.2 Å². The molecule has 0 amide bonds. The largest absolute Gasteiger partial charge is 0.346 e. The molecular weight excluding hydrogens is 252 g/mol. The van der Waals surface area contributed by atoms with Gasteiger partial charge in [0.15, 0.2) is 5.79 Å². The van der Waals surface area contributed by atoms with E-state index in [1.807, 2.05) is 6.08 Å². The number of carbonyl (C=O) groups is 1. The molecule has 2 aliphatic rings. The van der Waals surface area contributed by atoms with E-state index >= 15 is 0 Å². The van der Waals surface area contributed by atoms with Crippen molar-refractivity contribution < 1.29 is 14.3 Å². The maximum Gasteiger partial charge on any atom is 0.181 e. The Kier molecular flexibility index (Phi) is 5.17. The average molecular weight is 278 g/mol. The summed E-state index contributed by atoms with van der Waals surface area (Å²) in [6.45, 7) is 8.77. The van der Waals surface area contributed by atoms with Crippen LogP contribution in [0, 0.1) is 5.41 Å². The molecule has 1 heterocycles. The molecule has 0 aromatic carbocycles. The van der Waals surface area contributed by atoms with E-state index in [1.165, 1.54) is 0 Å². The van der Waals surface area contributed by atoms with E-state index in [2.05, 4.69) is 13.2 Å². The van der Waals surface area contributed by atoms with Crippen molar-refractivity contribution in [3.05, 3.63) is 25.3 Å². The number of allylic oxidation sites excluding steroid dienone is 2. The third kappa shape index (κ3) is 2.61. The summed E-state index contributed by atoms with van der Waals surface area (Å²) in [4.78, 5) is 12.9. The highest BCUT2D eigenvalue weighted by molar-refractivity contribution is 5.86. The van der Waals surface area contributed by atoms with Gasteiger partial charge in [0, 0.05) is 12.8 Å². The zero-order valence-electron chi connectivity index (χ0n) is 12.4. The van der Waals surface area contributed by atoms with Gasteiger partial charge in [-0.1, -0.05) is 25.0 Å². The van der Waals surface area contributed by atoms with Crippen molar-refractivity contribution in [3.8, 4) is 0 Å². The van der Waals surface area contributed by atoms with Crippen LogP contribution in [0.2, 0.25) is 0 Å². The maximum absolute atomic E-state index is 12.9. The highest BCUT2D eigenvalue weighted by atomic mass is 16.7. The van der Waals surface area contributed by atoms with E-state index in [0.717, 1.165) is 32.1 Å². The van der Waals surface area contributed by atoms with Gasteiger partial charge in [0.05, 0.1) is 18.6 Å². The first-order chi connectivity index (χ1) is 9.71. The Labute approximate surface area is 122 Å². The van der Waals surface area contributed by atoms with Gasteiger partial charge >= 0.3 is 0 Å². The molecule has 1 aliphatic heterocycles. The van der Waals surface area contributed by atoms with Crippen LogP contribution in [0.3, 0.4) is 0 Å². The van der Waals surface area contributed by atoms with Gasteiger partial charge in [-0.05, 0) is 25.7 Å². The van der Waals surface area contributed by atoms with Crippen LogP contribution in [0.15, 0.2) is 25.3 Å². The lowest BCUT2D eigenvalue weighted by Crippen LogP contribution is -2.53. The predicted octanol–water partition coefficient (Wildman–Crippen LogP) is 3.79. The summed E-state index contributed by atoms with van der Waals surface area (Å²) in [5, 5.41) is 0. The lowest BCUT2D eigenvalue weighted by Gasteiger charge is -2.44. The third-order valence-corrected chi connectivity index (χ3v) is 4.69. The van der Waals surface area contributed by atoms with E-state index in [0.29, 0.717) is 32.5 Å².